The second-order valence-corrected chi connectivity index (χ2v) is 18.9. The number of phenolic OH excluding ortho intramolecular Hbond substituents is 1. The summed E-state index contributed by atoms with van der Waals surface area (Å²) in [5.74, 6) is 0.555. The molecule has 0 aliphatic rings. The van der Waals surface area contributed by atoms with Gasteiger partial charge in [0.25, 0.3) is 0 Å². The van der Waals surface area contributed by atoms with E-state index in [1.54, 1.807) is 20.3 Å². The molecular weight excluding hydrogens is 575 g/mol. The average Bonchev–Trinajstić information content (AvgIpc) is 2.92. The van der Waals surface area contributed by atoms with Crippen LogP contribution in [0.5, 0.6) is 11.5 Å². The third-order valence-electron chi connectivity index (χ3n) is 6.86. The Bertz CT molecular complexity index is 1260. The third-order valence-corrected chi connectivity index (χ3v) is 17.9. The standard InChI is InChI=1S/C31H34BrO4PSi/c1-22-6-13-26(14-7-22)37(32,27-15-8-23(2)9-16-27,28-17-10-24(3)11-18-28)30-20-25(33)12-19-29(30)36-21-38-31(34-4)35-5/h6-20,31,33H,21H2,1-5H3. The first-order valence-electron chi connectivity index (χ1n) is 12.4. The van der Waals surface area contributed by atoms with Crippen LogP contribution in [0.1, 0.15) is 16.7 Å². The fourth-order valence-electron chi connectivity index (χ4n) is 4.74. The van der Waals surface area contributed by atoms with Crippen LogP contribution >= 0.6 is 20.8 Å². The Morgan fingerprint density at radius 3 is 1.53 bits per heavy atom. The van der Waals surface area contributed by atoms with Crippen molar-refractivity contribution in [3.8, 4) is 11.5 Å². The Hall–Kier alpha value is -2.47. The normalized spacial score (nSPS) is 12.8. The molecule has 0 aliphatic heterocycles. The van der Waals surface area contributed by atoms with Gasteiger partial charge < -0.3 is 0 Å². The van der Waals surface area contributed by atoms with Crippen LogP contribution in [0.15, 0.2) is 91.0 Å². The van der Waals surface area contributed by atoms with E-state index >= 15 is 0 Å². The number of rotatable bonds is 10. The molecule has 0 saturated carbocycles. The van der Waals surface area contributed by atoms with Crippen molar-refractivity contribution < 1.29 is 19.3 Å². The number of hydrogen-bond donors (Lipinski definition) is 1. The van der Waals surface area contributed by atoms with Crippen LogP contribution in [0.3, 0.4) is 0 Å². The van der Waals surface area contributed by atoms with Crippen LogP contribution in [-0.4, -0.2) is 41.0 Å². The second kappa shape index (κ2) is 11.7. The number of phenols is 1. The van der Waals surface area contributed by atoms with E-state index < -0.39 is 5.31 Å². The number of aromatic hydroxyl groups is 1. The van der Waals surface area contributed by atoms with Gasteiger partial charge >= 0.3 is 237 Å². The predicted octanol–water partition coefficient (Wildman–Crippen LogP) is 5.40. The van der Waals surface area contributed by atoms with Crippen molar-refractivity contribution in [1.29, 1.82) is 0 Å². The van der Waals surface area contributed by atoms with Gasteiger partial charge in [-0.2, -0.15) is 0 Å². The molecule has 0 fully saturated rings. The summed E-state index contributed by atoms with van der Waals surface area (Å²) in [7, 11) is 3.54. The first kappa shape index (κ1) is 28.5. The van der Waals surface area contributed by atoms with Crippen LogP contribution < -0.4 is 26.0 Å². The van der Waals surface area contributed by atoms with E-state index in [4.69, 9.17) is 14.2 Å². The van der Waals surface area contributed by atoms with E-state index in [2.05, 4.69) is 109 Å². The maximum atomic E-state index is 10.9. The van der Waals surface area contributed by atoms with Gasteiger partial charge in [-0.1, -0.05) is 0 Å². The molecule has 1 N–H and O–H groups in total. The summed E-state index contributed by atoms with van der Waals surface area (Å²) in [6, 6.07) is 31.5. The molecular formula is C31H34BrO4PSi. The van der Waals surface area contributed by atoms with E-state index in [1.165, 1.54) is 16.7 Å². The molecule has 0 heterocycles. The zero-order valence-electron chi connectivity index (χ0n) is 22.4. The minimum absolute atomic E-state index is 0.182. The van der Waals surface area contributed by atoms with Crippen molar-refractivity contribution in [2.45, 2.75) is 26.7 Å². The number of halogens is 1. The molecule has 2 radical (unpaired) electrons. The van der Waals surface area contributed by atoms with E-state index in [0.717, 1.165) is 21.2 Å². The van der Waals surface area contributed by atoms with Crippen molar-refractivity contribution in [3.63, 3.8) is 0 Å². The van der Waals surface area contributed by atoms with Crippen molar-refractivity contribution in [2.24, 2.45) is 0 Å². The van der Waals surface area contributed by atoms with Crippen molar-refractivity contribution in [3.05, 3.63) is 108 Å². The van der Waals surface area contributed by atoms with E-state index in [-0.39, 0.29) is 21.2 Å². The molecule has 0 aromatic heterocycles. The van der Waals surface area contributed by atoms with Crippen LogP contribution in [0.2, 0.25) is 0 Å². The molecule has 0 amide bonds. The minimum atomic E-state index is -3.60. The first-order valence-corrected chi connectivity index (χ1v) is 18.0. The van der Waals surface area contributed by atoms with Crippen LogP contribution in [0, 0.1) is 20.8 Å². The van der Waals surface area contributed by atoms with Gasteiger partial charge in [0, 0.05) is 0 Å². The zero-order chi connectivity index (χ0) is 27.4. The number of aryl methyl sites for hydroxylation is 3. The van der Waals surface area contributed by atoms with E-state index in [9.17, 15) is 5.11 Å². The molecule has 0 saturated heterocycles. The Kier molecular flexibility index (Phi) is 8.81. The van der Waals surface area contributed by atoms with Gasteiger partial charge in [0.05, 0.1) is 0 Å². The van der Waals surface area contributed by atoms with E-state index in [0.29, 0.717) is 12.0 Å². The summed E-state index contributed by atoms with van der Waals surface area (Å²) in [5, 5.41) is 11.6. The molecule has 0 spiro atoms. The van der Waals surface area contributed by atoms with Gasteiger partial charge in [-0.25, -0.2) is 0 Å². The SMILES string of the molecule is COC(OC)[Si]COc1ccc(O)cc1P(Br)(c1ccc(C)cc1)(c1ccc(C)cc1)c1ccc(C)cc1. The number of hydrogen-bond acceptors (Lipinski definition) is 4. The topological polar surface area (TPSA) is 47.9 Å². The summed E-state index contributed by atoms with van der Waals surface area (Å²) in [6.45, 7) is 6.28. The molecule has 0 unspecified atom stereocenters. The fourth-order valence-corrected chi connectivity index (χ4v) is 13.2. The van der Waals surface area contributed by atoms with Gasteiger partial charge in [0.15, 0.2) is 0 Å². The molecule has 4 rings (SSSR count). The van der Waals surface area contributed by atoms with Gasteiger partial charge in [-0.05, 0) is 0 Å². The van der Waals surface area contributed by atoms with Crippen LogP contribution in [-0.2, 0) is 9.47 Å². The Morgan fingerprint density at radius 1 is 0.711 bits per heavy atom. The summed E-state index contributed by atoms with van der Waals surface area (Å²) in [5.41, 5.74) is 3.54. The van der Waals surface area contributed by atoms with Crippen LogP contribution in [0.25, 0.3) is 0 Å². The van der Waals surface area contributed by atoms with E-state index in [1.807, 2.05) is 12.1 Å². The maximum absolute atomic E-state index is 10.9. The molecule has 0 atom stereocenters. The number of methoxy groups -OCH3 is 2. The van der Waals surface area contributed by atoms with Gasteiger partial charge in [-0.3, -0.25) is 0 Å². The van der Waals surface area contributed by atoms with Crippen molar-refractivity contribution in [2.75, 3.05) is 20.4 Å². The monoisotopic (exact) mass is 608 g/mol. The molecule has 0 aliphatic carbocycles. The molecule has 0 bridgehead atoms. The number of benzene rings is 4. The quantitative estimate of drug-likeness (QED) is 0.149. The molecule has 38 heavy (non-hydrogen) atoms. The fraction of sp³-hybridized carbons (Fsp3) is 0.226. The Morgan fingerprint density at radius 2 is 1.13 bits per heavy atom. The van der Waals surface area contributed by atoms with Crippen molar-refractivity contribution >= 4 is 51.5 Å². The molecule has 198 valence electrons. The molecule has 4 nitrogen and oxygen atoms in total. The summed E-state index contributed by atoms with van der Waals surface area (Å²) in [4.78, 5) is 0. The summed E-state index contributed by atoms with van der Waals surface area (Å²) >= 11 is 4.52. The molecule has 4 aromatic carbocycles. The summed E-state index contributed by atoms with van der Waals surface area (Å²) < 4.78 is 17.2. The zero-order valence-corrected chi connectivity index (χ0v) is 25.9. The second-order valence-electron chi connectivity index (χ2n) is 9.46. The van der Waals surface area contributed by atoms with Crippen LogP contribution in [0.4, 0.5) is 0 Å². The molecule has 7 heteroatoms. The third kappa shape index (κ3) is 5.21. The van der Waals surface area contributed by atoms with Gasteiger partial charge in [-0.15, -0.1) is 0 Å². The average molecular weight is 610 g/mol. The number of ether oxygens (including phenoxy) is 3. The van der Waals surface area contributed by atoms with Gasteiger partial charge in [0.1, 0.15) is 0 Å². The van der Waals surface area contributed by atoms with Crippen molar-refractivity contribution in [1.82, 2.24) is 0 Å². The molecule has 4 aromatic rings. The predicted molar refractivity (Wildman–Crippen MR) is 165 cm³/mol. The summed E-state index contributed by atoms with van der Waals surface area (Å²) in [6.07, 6.45) is 0.416. The Labute approximate surface area is 236 Å². The van der Waals surface area contributed by atoms with Gasteiger partial charge in [0.2, 0.25) is 0 Å². The Balaban J connectivity index is 2.08. The first-order chi connectivity index (χ1) is 18.2.